The predicted octanol–water partition coefficient (Wildman–Crippen LogP) is -0.976. The van der Waals surface area contributed by atoms with E-state index in [1.54, 1.807) is 6.92 Å². The Bertz CT molecular complexity index is 580. The number of ether oxygens (including phenoxy) is 1. The van der Waals surface area contributed by atoms with Crippen LogP contribution in [0, 0.1) is 0 Å². The Balaban J connectivity index is 1.86. The molecule has 10 heteroatoms. The van der Waals surface area contributed by atoms with Gasteiger partial charge in [-0.25, -0.2) is 0 Å². The van der Waals surface area contributed by atoms with Crippen LogP contribution in [0.1, 0.15) is 19.8 Å². The number of nitrogens with zero attached hydrogens (tertiary/aromatic N) is 3. The van der Waals surface area contributed by atoms with Gasteiger partial charge in [-0.1, -0.05) is 6.92 Å². The molecule has 3 heterocycles. The maximum absolute atomic E-state index is 12.2. The Labute approximate surface area is 130 Å². The lowest BCUT2D eigenvalue weighted by Gasteiger charge is -2.27. The molecule has 2 saturated heterocycles. The van der Waals surface area contributed by atoms with Gasteiger partial charge in [0.1, 0.15) is 11.9 Å². The summed E-state index contributed by atoms with van der Waals surface area (Å²) in [4.78, 5) is 32.6. The first kappa shape index (κ1) is 15.4. The van der Waals surface area contributed by atoms with Crippen molar-refractivity contribution >= 4 is 34.7 Å². The summed E-state index contributed by atoms with van der Waals surface area (Å²) in [6.45, 7) is 1.79. The molecular weight excluding hydrogens is 312 g/mol. The average molecular weight is 328 g/mol. The molecule has 3 rings (SSSR count). The van der Waals surface area contributed by atoms with Crippen LogP contribution in [-0.4, -0.2) is 67.8 Å². The lowest BCUT2D eigenvalue weighted by atomic mass is 10.1. The molecule has 9 nitrogen and oxygen atoms in total. The summed E-state index contributed by atoms with van der Waals surface area (Å²) in [5.41, 5.74) is 5.47. The van der Waals surface area contributed by atoms with Gasteiger partial charge in [0.05, 0.1) is 12.2 Å². The van der Waals surface area contributed by atoms with Crippen molar-refractivity contribution in [2.75, 3.05) is 0 Å². The summed E-state index contributed by atoms with van der Waals surface area (Å²) in [6.07, 6.45) is -2.62. The lowest BCUT2D eigenvalue weighted by molar-refractivity contribution is -0.116. The van der Waals surface area contributed by atoms with E-state index in [-0.39, 0.29) is 18.2 Å². The van der Waals surface area contributed by atoms with E-state index >= 15 is 0 Å². The summed E-state index contributed by atoms with van der Waals surface area (Å²) in [5, 5.41) is 18.7. The summed E-state index contributed by atoms with van der Waals surface area (Å²) < 4.78 is 5.62. The van der Waals surface area contributed by atoms with E-state index in [0.717, 1.165) is 16.7 Å². The van der Waals surface area contributed by atoms with Gasteiger partial charge in [0.25, 0.3) is 11.1 Å². The highest BCUT2D eigenvalue weighted by Crippen LogP contribution is 2.36. The molecule has 5 atom stereocenters. The number of carbonyl (C=O) groups excluding carboxylic acids is 2. The summed E-state index contributed by atoms with van der Waals surface area (Å²) in [6, 6.07) is 0. The number of aliphatic imine (C=N–C) groups is 2. The average Bonchev–Trinajstić information content (AvgIpc) is 2.98. The van der Waals surface area contributed by atoms with Crippen LogP contribution in [0.15, 0.2) is 9.98 Å². The van der Waals surface area contributed by atoms with Gasteiger partial charge < -0.3 is 20.7 Å². The fraction of sp³-hybridized carbons (Fsp3) is 0.667. The van der Waals surface area contributed by atoms with Gasteiger partial charge >= 0.3 is 0 Å². The number of carbonyl (C=O) groups is 2. The highest BCUT2D eigenvalue weighted by Gasteiger charge is 2.52. The van der Waals surface area contributed by atoms with Crippen LogP contribution in [0.3, 0.4) is 0 Å². The third-order valence-corrected chi connectivity index (χ3v) is 4.84. The number of amidine groups is 1. The molecule has 2 unspecified atom stereocenters. The molecule has 120 valence electrons. The molecule has 2 amide bonds. The Hall–Kier alpha value is -1.49. The topological polar surface area (TPSA) is 138 Å². The van der Waals surface area contributed by atoms with Crippen LogP contribution in [0.25, 0.3) is 0 Å². The maximum Gasteiger partial charge on any atom is 0.290 e. The molecule has 2 fully saturated rings. The molecular formula is C12H16N4O5S. The van der Waals surface area contributed by atoms with Crippen molar-refractivity contribution in [3.8, 4) is 0 Å². The number of rotatable bonds is 3. The first-order valence-corrected chi connectivity index (χ1v) is 7.78. The lowest BCUT2D eigenvalue weighted by Crippen LogP contribution is -2.48. The molecule has 0 aliphatic carbocycles. The first-order chi connectivity index (χ1) is 10.4. The fourth-order valence-corrected chi connectivity index (χ4v) is 3.61. The van der Waals surface area contributed by atoms with E-state index in [4.69, 9.17) is 10.5 Å². The number of aliphatic hydroxyl groups is 2. The Morgan fingerprint density at radius 2 is 2.23 bits per heavy atom. The van der Waals surface area contributed by atoms with Crippen LogP contribution in [-0.2, 0) is 9.53 Å². The molecule has 4 N–H and O–H groups in total. The number of fused-ring (bicyclic) bond motifs is 1. The molecule has 0 saturated carbocycles. The molecule has 0 radical (unpaired) electrons. The Morgan fingerprint density at radius 3 is 2.91 bits per heavy atom. The Morgan fingerprint density at radius 1 is 1.50 bits per heavy atom. The minimum Gasteiger partial charge on any atom is -0.390 e. The van der Waals surface area contributed by atoms with E-state index in [2.05, 4.69) is 9.98 Å². The van der Waals surface area contributed by atoms with Crippen LogP contribution < -0.4 is 5.73 Å². The zero-order chi connectivity index (χ0) is 16.0. The van der Waals surface area contributed by atoms with Crippen LogP contribution in [0.5, 0.6) is 0 Å². The third-order valence-electron chi connectivity index (χ3n) is 3.79. The standard InChI is InChI=1S/C12H16N4O5S/c1-2-4(17)6-3-5(18)10(21-6)16-8-7(22-12(16)20)9(19)15-11(13)14-8/h4-7,10,17-18H,2-3H2,1H3,(H2,13,15,19)/t4?,5-,6+,7?,10-/m1/s1. The van der Waals surface area contributed by atoms with Gasteiger partial charge in [0.2, 0.25) is 5.96 Å². The van der Waals surface area contributed by atoms with Gasteiger partial charge in [-0.15, -0.1) is 0 Å². The normalized spacial score (nSPS) is 36.2. The predicted molar refractivity (Wildman–Crippen MR) is 78.3 cm³/mol. The van der Waals surface area contributed by atoms with Crippen molar-refractivity contribution < 1.29 is 24.5 Å². The number of thioether (sulfide) groups is 1. The first-order valence-electron chi connectivity index (χ1n) is 6.90. The SMILES string of the molecule is CCC(O)[C@@H]1C[C@@H](O)[C@H](N2C(=O)SC3C(=O)N=C(N)N=C32)O1. The van der Waals surface area contributed by atoms with Gasteiger partial charge in [0, 0.05) is 6.42 Å². The highest BCUT2D eigenvalue weighted by molar-refractivity contribution is 8.16. The molecule has 3 aliphatic rings. The van der Waals surface area contributed by atoms with E-state index in [1.165, 1.54) is 0 Å². The zero-order valence-corrected chi connectivity index (χ0v) is 12.6. The van der Waals surface area contributed by atoms with E-state index in [1.807, 2.05) is 0 Å². The summed E-state index contributed by atoms with van der Waals surface area (Å²) in [7, 11) is 0. The minimum atomic E-state index is -0.992. The van der Waals surface area contributed by atoms with Crippen molar-refractivity contribution in [1.29, 1.82) is 0 Å². The number of guanidine groups is 1. The molecule has 0 bridgehead atoms. The molecule has 0 aromatic carbocycles. The third kappa shape index (κ3) is 2.41. The van der Waals surface area contributed by atoms with Gasteiger partial charge in [-0.3, -0.25) is 14.5 Å². The quantitative estimate of drug-likeness (QED) is 0.605. The maximum atomic E-state index is 12.2. The molecule has 0 spiro atoms. The van der Waals surface area contributed by atoms with E-state index in [0.29, 0.717) is 6.42 Å². The Kier molecular flexibility index (Phi) is 3.93. The number of amides is 2. The number of hydrogen-bond donors (Lipinski definition) is 3. The monoisotopic (exact) mass is 328 g/mol. The van der Waals surface area contributed by atoms with Gasteiger partial charge in [-0.05, 0) is 18.2 Å². The molecule has 0 aromatic heterocycles. The summed E-state index contributed by atoms with van der Waals surface area (Å²) >= 11 is 0.762. The van der Waals surface area contributed by atoms with Crippen molar-refractivity contribution in [3.05, 3.63) is 0 Å². The number of hydrogen-bond acceptors (Lipinski definition) is 8. The van der Waals surface area contributed by atoms with E-state index < -0.39 is 40.9 Å². The number of nitrogens with two attached hydrogens (primary N) is 1. The smallest absolute Gasteiger partial charge is 0.290 e. The molecule has 22 heavy (non-hydrogen) atoms. The zero-order valence-electron chi connectivity index (χ0n) is 11.7. The van der Waals surface area contributed by atoms with Crippen LogP contribution >= 0.6 is 11.8 Å². The minimum absolute atomic E-state index is 0.128. The second-order valence-electron chi connectivity index (χ2n) is 5.26. The number of aliphatic hydroxyl groups excluding tert-OH is 2. The molecule has 3 aliphatic heterocycles. The van der Waals surface area contributed by atoms with Crippen molar-refractivity contribution in [3.63, 3.8) is 0 Å². The van der Waals surface area contributed by atoms with Crippen molar-refractivity contribution in [2.45, 2.75) is 49.6 Å². The van der Waals surface area contributed by atoms with Crippen LogP contribution in [0.4, 0.5) is 4.79 Å². The van der Waals surface area contributed by atoms with Gasteiger partial charge in [-0.2, -0.15) is 9.98 Å². The molecule has 0 aromatic rings. The fourth-order valence-electron chi connectivity index (χ4n) is 2.68. The largest absolute Gasteiger partial charge is 0.390 e. The van der Waals surface area contributed by atoms with Gasteiger partial charge in [0.15, 0.2) is 11.5 Å². The van der Waals surface area contributed by atoms with Crippen molar-refractivity contribution in [1.82, 2.24) is 4.90 Å². The summed E-state index contributed by atoms with van der Waals surface area (Å²) in [5.74, 6) is -0.654. The highest BCUT2D eigenvalue weighted by atomic mass is 32.2. The van der Waals surface area contributed by atoms with E-state index in [9.17, 15) is 19.8 Å². The second-order valence-corrected chi connectivity index (χ2v) is 6.31. The second kappa shape index (κ2) is 5.61. The van der Waals surface area contributed by atoms with Crippen LogP contribution in [0.2, 0.25) is 0 Å². The van der Waals surface area contributed by atoms with Crippen molar-refractivity contribution in [2.24, 2.45) is 15.7 Å².